The molecule has 0 heterocycles. The van der Waals surface area contributed by atoms with Crippen LogP contribution in [-0.4, -0.2) is 23.1 Å². The molecule has 0 bridgehead atoms. The van der Waals surface area contributed by atoms with Crippen LogP contribution in [0.25, 0.3) is 0 Å². The van der Waals surface area contributed by atoms with Crippen LogP contribution in [0, 0.1) is 0 Å². The molecule has 0 aromatic carbocycles. The molecule has 42 heavy (non-hydrogen) atoms. The average molecular weight is 593 g/mol. The third-order valence-electron chi connectivity index (χ3n) is 8.49. The number of carboxylic acid groups (broad SMARTS) is 1. The number of carboxylic acids is 1. The van der Waals surface area contributed by atoms with Crippen molar-refractivity contribution >= 4 is 11.9 Å². The average Bonchev–Trinajstić information content (AvgIpc) is 2.97. The first kappa shape index (κ1) is 40.7. The van der Waals surface area contributed by atoms with Gasteiger partial charge in [-0.05, 0) is 64.2 Å². The fourth-order valence-corrected chi connectivity index (χ4v) is 5.71. The van der Waals surface area contributed by atoms with Crippen LogP contribution in [0.1, 0.15) is 213 Å². The van der Waals surface area contributed by atoms with E-state index in [2.05, 4.69) is 26.0 Å². The number of aliphatic carboxylic acids is 1. The van der Waals surface area contributed by atoms with Crippen molar-refractivity contribution in [3.05, 3.63) is 12.2 Å². The Bertz CT molecular complexity index is 600. The second-order valence-electron chi connectivity index (χ2n) is 12.8. The Morgan fingerprint density at radius 2 is 0.857 bits per heavy atom. The minimum atomic E-state index is -0.701. The molecule has 0 aliphatic heterocycles. The first-order chi connectivity index (χ1) is 20.6. The summed E-state index contributed by atoms with van der Waals surface area (Å²) in [7, 11) is 0. The van der Waals surface area contributed by atoms with Gasteiger partial charge in [0.1, 0.15) is 6.10 Å². The van der Waals surface area contributed by atoms with Crippen molar-refractivity contribution in [3.63, 3.8) is 0 Å². The molecule has 0 spiro atoms. The van der Waals surface area contributed by atoms with E-state index in [1.165, 1.54) is 122 Å². The zero-order valence-electron chi connectivity index (χ0n) is 28.3. The van der Waals surface area contributed by atoms with Gasteiger partial charge < -0.3 is 9.84 Å². The van der Waals surface area contributed by atoms with Gasteiger partial charge in [-0.2, -0.15) is 0 Å². The Hall–Kier alpha value is -1.32. The van der Waals surface area contributed by atoms with Gasteiger partial charge in [-0.25, -0.2) is 0 Å². The van der Waals surface area contributed by atoms with E-state index < -0.39 is 5.97 Å². The van der Waals surface area contributed by atoms with Crippen LogP contribution in [0.2, 0.25) is 0 Å². The standard InChI is InChI=1S/C38H72O4/c1-3-5-7-9-10-11-12-13-14-15-16-17-18-19-20-21-22-27-31-35-38(41)42-36(32-28-24-8-6-4-2)33-29-25-23-26-30-34-37(39)40/h13-14,36H,3-12,15-35H2,1-2H3,(H,39,40)/b14-13-. The lowest BCUT2D eigenvalue weighted by Crippen LogP contribution is -2.18. The zero-order chi connectivity index (χ0) is 30.8. The Kier molecular flexibility index (Phi) is 33.1. The van der Waals surface area contributed by atoms with Gasteiger partial charge in [0, 0.05) is 12.8 Å². The first-order valence-corrected chi connectivity index (χ1v) is 18.7. The topological polar surface area (TPSA) is 63.6 Å². The largest absolute Gasteiger partial charge is 0.481 e. The summed E-state index contributed by atoms with van der Waals surface area (Å²) in [4.78, 5) is 23.2. The Balaban J connectivity index is 3.75. The maximum Gasteiger partial charge on any atom is 0.306 e. The smallest absolute Gasteiger partial charge is 0.306 e. The molecule has 4 heteroatoms. The number of unbranched alkanes of at least 4 members (excludes halogenated alkanes) is 23. The molecule has 1 atom stereocenters. The highest BCUT2D eigenvalue weighted by Crippen LogP contribution is 2.18. The van der Waals surface area contributed by atoms with Crippen LogP contribution in [-0.2, 0) is 14.3 Å². The zero-order valence-corrected chi connectivity index (χ0v) is 28.3. The molecule has 0 amide bonds. The van der Waals surface area contributed by atoms with Gasteiger partial charge in [0.2, 0.25) is 0 Å². The van der Waals surface area contributed by atoms with Crippen LogP contribution >= 0.6 is 0 Å². The highest BCUT2D eigenvalue weighted by molar-refractivity contribution is 5.69. The van der Waals surface area contributed by atoms with Crippen molar-refractivity contribution in [1.29, 1.82) is 0 Å². The number of hydrogen-bond donors (Lipinski definition) is 1. The number of carbonyl (C=O) groups excluding carboxylic acids is 1. The second kappa shape index (κ2) is 34.2. The lowest BCUT2D eigenvalue weighted by Gasteiger charge is -2.18. The van der Waals surface area contributed by atoms with E-state index >= 15 is 0 Å². The van der Waals surface area contributed by atoms with Crippen molar-refractivity contribution in [2.45, 2.75) is 219 Å². The predicted molar refractivity (Wildman–Crippen MR) is 181 cm³/mol. The first-order valence-electron chi connectivity index (χ1n) is 18.7. The minimum Gasteiger partial charge on any atom is -0.481 e. The number of hydrogen-bond acceptors (Lipinski definition) is 3. The van der Waals surface area contributed by atoms with E-state index in [9.17, 15) is 9.59 Å². The van der Waals surface area contributed by atoms with E-state index in [1.807, 2.05) is 0 Å². The number of esters is 1. The number of allylic oxidation sites excluding steroid dienone is 2. The Morgan fingerprint density at radius 3 is 1.29 bits per heavy atom. The van der Waals surface area contributed by atoms with Gasteiger partial charge in [-0.3, -0.25) is 9.59 Å². The van der Waals surface area contributed by atoms with Gasteiger partial charge in [0.25, 0.3) is 0 Å². The highest BCUT2D eigenvalue weighted by atomic mass is 16.5. The normalized spacial score (nSPS) is 12.2. The number of rotatable bonds is 34. The summed E-state index contributed by atoms with van der Waals surface area (Å²) >= 11 is 0. The molecule has 0 aliphatic rings. The van der Waals surface area contributed by atoms with E-state index in [0.29, 0.717) is 6.42 Å². The van der Waals surface area contributed by atoms with Gasteiger partial charge in [-0.15, -0.1) is 0 Å². The molecular formula is C38H72O4. The van der Waals surface area contributed by atoms with Crippen LogP contribution in [0.5, 0.6) is 0 Å². The molecule has 0 rings (SSSR count). The fraction of sp³-hybridized carbons (Fsp3) is 0.895. The van der Waals surface area contributed by atoms with Gasteiger partial charge in [0.15, 0.2) is 0 Å². The molecule has 0 aromatic heterocycles. The molecule has 248 valence electrons. The third kappa shape index (κ3) is 33.2. The van der Waals surface area contributed by atoms with Crippen molar-refractivity contribution in [2.75, 3.05) is 0 Å². The molecule has 1 N–H and O–H groups in total. The van der Waals surface area contributed by atoms with Crippen LogP contribution in [0.4, 0.5) is 0 Å². The summed E-state index contributed by atoms with van der Waals surface area (Å²) in [6.07, 6.45) is 41.0. The van der Waals surface area contributed by atoms with Crippen LogP contribution in [0.3, 0.4) is 0 Å². The summed E-state index contributed by atoms with van der Waals surface area (Å²) in [5.74, 6) is -0.704. The van der Waals surface area contributed by atoms with E-state index in [-0.39, 0.29) is 18.5 Å². The number of ether oxygens (including phenoxy) is 1. The maximum absolute atomic E-state index is 12.5. The molecule has 0 aliphatic carbocycles. The molecule has 0 radical (unpaired) electrons. The van der Waals surface area contributed by atoms with Crippen molar-refractivity contribution in [3.8, 4) is 0 Å². The second-order valence-corrected chi connectivity index (χ2v) is 12.8. The Labute approximate surface area is 262 Å². The molecular weight excluding hydrogens is 520 g/mol. The SMILES string of the molecule is CCCCCCCC/C=C\CCCCCCCCCCCC(=O)OC(CCCCCCC)CCCCCCCC(=O)O. The van der Waals surface area contributed by atoms with Crippen LogP contribution in [0.15, 0.2) is 12.2 Å². The monoisotopic (exact) mass is 593 g/mol. The van der Waals surface area contributed by atoms with Gasteiger partial charge in [-0.1, -0.05) is 148 Å². The summed E-state index contributed by atoms with van der Waals surface area (Å²) in [6, 6.07) is 0. The molecule has 0 saturated heterocycles. The molecule has 0 saturated carbocycles. The van der Waals surface area contributed by atoms with Gasteiger partial charge >= 0.3 is 11.9 Å². The summed E-state index contributed by atoms with van der Waals surface area (Å²) < 4.78 is 5.93. The lowest BCUT2D eigenvalue weighted by atomic mass is 10.0. The summed E-state index contributed by atoms with van der Waals surface area (Å²) in [5.41, 5.74) is 0. The van der Waals surface area contributed by atoms with Crippen molar-refractivity contribution < 1.29 is 19.4 Å². The fourth-order valence-electron chi connectivity index (χ4n) is 5.71. The van der Waals surface area contributed by atoms with Crippen molar-refractivity contribution in [2.24, 2.45) is 0 Å². The van der Waals surface area contributed by atoms with E-state index in [1.54, 1.807) is 0 Å². The molecule has 4 nitrogen and oxygen atoms in total. The summed E-state index contributed by atoms with van der Waals surface area (Å²) in [5, 5.41) is 8.76. The molecule has 0 fully saturated rings. The number of carbonyl (C=O) groups is 2. The predicted octanol–water partition coefficient (Wildman–Crippen LogP) is 12.7. The van der Waals surface area contributed by atoms with Gasteiger partial charge in [0.05, 0.1) is 0 Å². The van der Waals surface area contributed by atoms with E-state index in [4.69, 9.17) is 9.84 Å². The van der Waals surface area contributed by atoms with Crippen molar-refractivity contribution in [1.82, 2.24) is 0 Å². The van der Waals surface area contributed by atoms with E-state index in [0.717, 1.165) is 64.2 Å². The quantitative estimate of drug-likeness (QED) is 0.0458. The lowest BCUT2D eigenvalue weighted by molar-refractivity contribution is -0.150. The maximum atomic E-state index is 12.5. The summed E-state index contributed by atoms with van der Waals surface area (Å²) in [6.45, 7) is 4.51. The highest BCUT2D eigenvalue weighted by Gasteiger charge is 2.14. The molecule has 0 aromatic rings. The Morgan fingerprint density at radius 1 is 0.500 bits per heavy atom. The molecule has 1 unspecified atom stereocenters. The third-order valence-corrected chi connectivity index (χ3v) is 8.49. The minimum absolute atomic E-state index is 0.00367. The van der Waals surface area contributed by atoms with Crippen LogP contribution < -0.4 is 0 Å².